The summed E-state index contributed by atoms with van der Waals surface area (Å²) < 4.78 is 28.1. The first-order valence-electron chi connectivity index (χ1n) is 4.86. The number of halogens is 2. The lowest BCUT2D eigenvalue weighted by molar-refractivity contribution is 0.638. The monoisotopic (exact) mass is 304 g/mol. The molecule has 0 aliphatic carbocycles. The predicted octanol–water partition coefficient (Wildman–Crippen LogP) is -0.622. The highest BCUT2D eigenvalue weighted by Crippen LogP contribution is 2.17. The lowest BCUT2D eigenvalue weighted by Crippen LogP contribution is -2.31. The van der Waals surface area contributed by atoms with Crippen molar-refractivity contribution in [2.24, 2.45) is 0 Å². The van der Waals surface area contributed by atoms with Crippen molar-refractivity contribution in [2.45, 2.75) is 0 Å². The standard InChI is InChI=1S/C10H11BF2P4/c11-6-5-4(9(16)10(17)8(6)13)2(14)1-3(15)7(5)12/h1H,11,14-17H2. The third-order valence-electron chi connectivity index (χ3n) is 2.82. The molecule has 0 nitrogen and oxygen atoms in total. The van der Waals surface area contributed by atoms with E-state index in [0.29, 0.717) is 26.8 Å². The lowest BCUT2D eigenvalue weighted by Gasteiger charge is -2.15. The zero-order valence-electron chi connectivity index (χ0n) is 9.14. The topological polar surface area (TPSA) is 0 Å². The molecule has 0 fully saturated rings. The molecule has 4 atom stereocenters. The minimum absolute atomic E-state index is 0.349. The largest absolute Gasteiger partial charge is 0.207 e. The lowest BCUT2D eigenvalue weighted by atomic mass is 9.89. The maximum absolute atomic E-state index is 14.1. The van der Waals surface area contributed by atoms with E-state index in [-0.39, 0.29) is 11.6 Å². The van der Waals surface area contributed by atoms with Crippen molar-refractivity contribution in [1.29, 1.82) is 0 Å². The van der Waals surface area contributed by atoms with Gasteiger partial charge in [0.1, 0.15) is 19.5 Å². The Labute approximate surface area is 109 Å². The van der Waals surface area contributed by atoms with Crippen molar-refractivity contribution < 1.29 is 8.78 Å². The minimum atomic E-state index is -0.374. The van der Waals surface area contributed by atoms with Gasteiger partial charge < -0.3 is 0 Å². The third kappa shape index (κ3) is 2.07. The highest BCUT2D eigenvalue weighted by Gasteiger charge is 2.17. The average Bonchev–Trinajstić information content (AvgIpc) is 2.28. The van der Waals surface area contributed by atoms with Crippen LogP contribution in [0, 0.1) is 11.6 Å². The minimum Gasteiger partial charge on any atom is -0.207 e. The smallest absolute Gasteiger partial charge is 0.144 e. The highest BCUT2D eigenvalue weighted by molar-refractivity contribution is 7.37. The Balaban J connectivity index is 3.17. The molecule has 0 saturated carbocycles. The Bertz CT molecular complexity index is 642. The second-order valence-corrected chi connectivity index (χ2v) is 6.28. The van der Waals surface area contributed by atoms with Gasteiger partial charge in [0.25, 0.3) is 0 Å². The van der Waals surface area contributed by atoms with Crippen LogP contribution in [0.1, 0.15) is 0 Å². The Kier molecular flexibility index (Phi) is 3.88. The fourth-order valence-corrected chi connectivity index (χ4v) is 3.87. The van der Waals surface area contributed by atoms with Gasteiger partial charge in [0, 0.05) is 16.0 Å². The molecule has 0 bridgehead atoms. The van der Waals surface area contributed by atoms with E-state index < -0.39 is 0 Å². The van der Waals surface area contributed by atoms with Crippen LogP contribution < -0.4 is 26.7 Å². The second-order valence-electron chi connectivity index (χ2n) is 3.89. The van der Waals surface area contributed by atoms with Crippen LogP contribution in [-0.2, 0) is 0 Å². The average molecular weight is 304 g/mol. The second kappa shape index (κ2) is 4.79. The number of rotatable bonds is 0. The molecule has 0 saturated heterocycles. The molecule has 0 heterocycles. The van der Waals surface area contributed by atoms with Crippen molar-refractivity contribution in [1.82, 2.24) is 0 Å². The van der Waals surface area contributed by atoms with Crippen molar-refractivity contribution in [3.8, 4) is 0 Å². The number of hydrogen-bond donors (Lipinski definition) is 0. The molecular formula is C10H11BF2P4. The van der Waals surface area contributed by atoms with E-state index in [9.17, 15) is 8.78 Å². The van der Waals surface area contributed by atoms with Crippen LogP contribution in [0.3, 0.4) is 0 Å². The van der Waals surface area contributed by atoms with E-state index in [4.69, 9.17) is 0 Å². The molecule has 2 aromatic rings. The van der Waals surface area contributed by atoms with Crippen molar-refractivity contribution in [3.05, 3.63) is 17.7 Å². The van der Waals surface area contributed by atoms with Crippen LogP contribution in [0.15, 0.2) is 6.07 Å². The van der Waals surface area contributed by atoms with E-state index >= 15 is 0 Å². The molecule has 0 aromatic heterocycles. The molecule has 17 heavy (non-hydrogen) atoms. The maximum atomic E-state index is 14.1. The van der Waals surface area contributed by atoms with Crippen LogP contribution in [0.25, 0.3) is 10.8 Å². The third-order valence-corrected chi connectivity index (χ3v) is 5.20. The first-order valence-corrected chi connectivity index (χ1v) is 7.17. The number of hydrogen-bond acceptors (Lipinski definition) is 0. The van der Waals surface area contributed by atoms with E-state index in [1.807, 2.05) is 0 Å². The number of benzene rings is 2. The fourth-order valence-electron chi connectivity index (χ4n) is 1.91. The van der Waals surface area contributed by atoms with Crippen molar-refractivity contribution in [2.75, 3.05) is 0 Å². The molecule has 0 spiro atoms. The molecule has 2 rings (SSSR count). The summed E-state index contributed by atoms with van der Waals surface area (Å²) in [7, 11) is 11.4. The molecule has 0 aliphatic rings. The summed E-state index contributed by atoms with van der Waals surface area (Å²) >= 11 is 0. The van der Waals surface area contributed by atoms with Crippen LogP contribution in [-0.4, -0.2) is 7.85 Å². The maximum Gasteiger partial charge on any atom is 0.144 e. The van der Waals surface area contributed by atoms with Crippen LogP contribution in [0.2, 0.25) is 0 Å². The molecule has 0 amide bonds. The van der Waals surface area contributed by atoms with Gasteiger partial charge in [0.15, 0.2) is 0 Å². The van der Waals surface area contributed by atoms with Gasteiger partial charge in [-0.25, -0.2) is 8.78 Å². The van der Waals surface area contributed by atoms with Gasteiger partial charge in [-0.2, -0.15) is 0 Å². The van der Waals surface area contributed by atoms with Crippen LogP contribution in [0.5, 0.6) is 0 Å². The molecule has 4 unspecified atom stereocenters. The Morgan fingerprint density at radius 2 is 1.41 bits per heavy atom. The summed E-state index contributed by atoms with van der Waals surface area (Å²) in [4.78, 5) is 0. The zero-order valence-corrected chi connectivity index (χ0v) is 13.8. The Morgan fingerprint density at radius 1 is 0.824 bits per heavy atom. The Morgan fingerprint density at radius 3 is 2.00 bits per heavy atom. The van der Waals surface area contributed by atoms with Crippen molar-refractivity contribution in [3.63, 3.8) is 0 Å². The normalized spacial score (nSPS) is 11.2. The van der Waals surface area contributed by atoms with Gasteiger partial charge in [-0.3, -0.25) is 0 Å². The number of fused-ring (bicyclic) bond motifs is 1. The van der Waals surface area contributed by atoms with Gasteiger partial charge in [0.2, 0.25) is 0 Å². The van der Waals surface area contributed by atoms with Crippen LogP contribution >= 0.6 is 37.0 Å². The first kappa shape index (κ1) is 13.8. The van der Waals surface area contributed by atoms with Gasteiger partial charge in [-0.05, 0) is 27.5 Å². The van der Waals surface area contributed by atoms with Crippen LogP contribution in [0.4, 0.5) is 8.78 Å². The quantitative estimate of drug-likeness (QED) is 0.449. The summed E-state index contributed by atoms with van der Waals surface area (Å²) in [5.41, 5.74) is 0.349. The summed E-state index contributed by atoms with van der Waals surface area (Å²) in [5, 5.41) is 3.57. The predicted molar refractivity (Wildman–Crippen MR) is 89.4 cm³/mol. The molecular weight excluding hydrogens is 293 g/mol. The van der Waals surface area contributed by atoms with Crippen molar-refractivity contribution >= 4 is 82.3 Å². The molecule has 7 heteroatoms. The van der Waals surface area contributed by atoms with E-state index in [1.165, 1.54) is 0 Å². The fraction of sp³-hybridized carbons (Fsp3) is 0. The zero-order chi connectivity index (χ0) is 12.9. The van der Waals surface area contributed by atoms with Gasteiger partial charge in [-0.1, -0.05) is 0 Å². The van der Waals surface area contributed by atoms with Gasteiger partial charge in [-0.15, -0.1) is 37.0 Å². The van der Waals surface area contributed by atoms with E-state index in [0.717, 1.165) is 10.7 Å². The molecule has 2 aromatic carbocycles. The molecule has 0 N–H and O–H groups in total. The van der Waals surface area contributed by atoms with Gasteiger partial charge >= 0.3 is 0 Å². The molecule has 0 aliphatic heterocycles. The van der Waals surface area contributed by atoms with Gasteiger partial charge in [0.05, 0.1) is 0 Å². The SMILES string of the molecule is Bc1c(F)c(P)c(P)c2c(P)cc(P)c(F)c12. The summed E-state index contributed by atoms with van der Waals surface area (Å²) in [6.07, 6.45) is 0. The van der Waals surface area contributed by atoms with E-state index in [2.05, 4.69) is 37.0 Å². The first-order chi connectivity index (χ1) is 7.86. The summed E-state index contributed by atoms with van der Waals surface area (Å²) in [6, 6.07) is 1.72. The molecule has 88 valence electrons. The van der Waals surface area contributed by atoms with E-state index in [1.54, 1.807) is 13.9 Å². The summed E-state index contributed by atoms with van der Waals surface area (Å²) in [5.74, 6) is -0.743. The summed E-state index contributed by atoms with van der Waals surface area (Å²) in [6.45, 7) is 0. The highest BCUT2D eigenvalue weighted by atomic mass is 31.0. The Hall–Kier alpha value is 0.345. The molecule has 0 radical (unpaired) electrons.